The maximum Gasteiger partial charge on any atom is 0.150 e. The monoisotopic (exact) mass is 547 g/mol. The van der Waals surface area contributed by atoms with Crippen molar-refractivity contribution in [3.05, 3.63) is 89.7 Å². The minimum Gasteiger partial charge on any atom is -0.489 e. The Morgan fingerprint density at radius 1 is 1.20 bits per heavy atom. The highest BCUT2D eigenvalue weighted by Crippen LogP contribution is 2.37. The molecule has 0 saturated carbocycles. The number of allylic oxidation sites excluding steroid dienone is 1. The number of nitriles is 1. The van der Waals surface area contributed by atoms with E-state index in [0.29, 0.717) is 24.5 Å². The van der Waals surface area contributed by atoms with Crippen LogP contribution in [0, 0.1) is 11.3 Å². The van der Waals surface area contributed by atoms with Crippen LogP contribution in [0.25, 0.3) is 22.2 Å². The number of halogens is 1. The molecule has 0 spiro atoms. The van der Waals surface area contributed by atoms with Gasteiger partial charge in [-0.2, -0.15) is 5.26 Å². The van der Waals surface area contributed by atoms with E-state index < -0.39 is 0 Å². The van der Waals surface area contributed by atoms with E-state index in [0.717, 1.165) is 44.4 Å². The summed E-state index contributed by atoms with van der Waals surface area (Å²) in [5, 5.41) is 10.8. The molecule has 7 heteroatoms. The molecule has 0 radical (unpaired) electrons. The predicted octanol–water partition coefficient (Wildman–Crippen LogP) is 7.64. The molecule has 2 aromatic carbocycles. The minimum absolute atomic E-state index is 0.0889. The summed E-state index contributed by atoms with van der Waals surface area (Å²) in [6, 6.07) is 20.4. The van der Waals surface area contributed by atoms with Crippen molar-refractivity contribution >= 4 is 38.9 Å². The van der Waals surface area contributed by atoms with Crippen molar-refractivity contribution in [1.29, 1.82) is 5.26 Å². The SMILES string of the molecule is C=CC.N#Cc1cc(-c2cn(Sc3ccccc3)c3ncc(Br)cc23)ccc1OC1CCOCC1. The Hall–Kier alpha value is -3.05. The van der Waals surface area contributed by atoms with Crippen molar-refractivity contribution in [2.45, 2.75) is 30.8 Å². The van der Waals surface area contributed by atoms with Gasteiger partial charge in [0.1, 0.15) is 17.9 Å². The number of nitrogens with zero attached hydrogens (tertiary/aromatic N) is 3. The van der Waals surface area contributed by atoms with E-state index in [-0.39, 0.29) is 6.10 Å². The highest BCUT2D eigenvalue weighted by atomic mass is 79.9. The second-order valence-corrected chi connectivity index (χ2v) is 9.92. The normalized spacial score (nSPS) is 13.5. The molecule has 178 valence electrons. The van der Waals surface area contributed by atoms with Gasteiger partial charge in [-0.15, -0.1) is 6.58 Å². The molecule has 1 fully saturated rings. The number of pyridine rings is 1. The molecule has 3 heterocycles. The van der Waals surface area contributed by atoms with Crippen molar-refractivity contribution in [3.63, 3.8) is 0 Å². The van der Waals surface area contributed by atoms with E-state index in [1.54, 1.807) is 24.2 Å². The third-order valence-corrected chi connectivity index (χ3v) is 6.79. The Morgan fingerprint density at radius 3 is 2.66 bits per heavy atom. The van der Waals surface area contributed by atoms with Crippen LogP contribution < -0.4 is 4.74 Å². The van der Waals surface area contributed by atoms with Crippen LogP contribution in [0.2, 0.25) is 0 Å². The maximum atomic E-state index is 9.79. The smallest absolute Gasteiger partial charge is 0.150 e. The molecule has 0 aliphatic carbocycles. The van der Waals surface area contributed by atoms with Crippen LogP contribution in [0.5, 0.6) is 5.75 Å². The first-order valence-electron chi connectivity index (χ1n) is 11.4. The first-order chi connectivity index (χ1) is 17.1. The summed E-state index contributed by atoms with van der Waals surface area (Å²) >= 11 is 5.16. The van der Waals surface area contributed by atoms with Gasteiger partial charge in [0.25, 0.3) is 0 Å². The topological polar surface area (TPSA) is 60.1 Å². The molecule has 1 saturated heterocycles. The third kappa shape index (κ3) is 6.15. The molecular weight excluding hydrogens is 522 g/mol. The molecule has 4 aromatic rings. The molecule has 0 N–H and O–H groups in total. The fraction of sp³-hybridized carbons (Fsp3) is 0.214. The number of hydrogen-bond acceptors (Lipinski definition) is 5. The molecule has 35 heavy (non-hydrogen) atoms. The zero-order valence-corrected chi connectivity index (χ0v) is 21.9. The van der Waals surface area contributed by atoms with Gasteiger partial charge in [-0.3, -0.25) is 3.97 Å². The van der Waals surface area contributed by atoms with E-state index in [1.165, 1.54) is 0 Å². The number of fused-ring (bicyclic) bond motifs is 1. The molecule has 1 aliphatic heterocycles. The fourth-order valence-corrected chi connectivity index (χ4v) is 5.04. The van der Waals surface area contributed by atoms with Crippen LogP contribution in [0.1, 0.15) is 25.3 Å². The number of hydrogen-bond donors (Lipinski definition) is 0. The summed E-state index contributed by atoms with van der Waals surface area (Å²) < 4.78 is 14.5. The summed E-state index contributed by atoms with van der Waals surface area (Å²) in [6.07, 6.45) is 7.41. The lowest BCUT2D eigenvalue weighted by Gasteiger charge is -2.23. The Kier molecular flexibility index (Phi) is 8.64. The van der Waals surface area contributed by atoms with Gasteiger partial charge in [0.2, 0.25) is 0 Å². The number of benzene rings is 2. The lowest BCUT2D eigenvalue weighted by Crippen LogP contribution is -2.26. The molecule has 5 rings (SSSR count). The standard InChI is InChI=1S/C25H20BrN3O2S.C3H6/c26-19-13-22-23(16-29(25(22)28-15-19)32-21-4-2-1-3-5-21)17-6-7-24(18(12-17)14-27)31-20-8-10-30-11-9-20;1-3-2/h1-7,12-13,15-16,20H,8-11H2;3H,1H2,2H3. The molecule has 0 atom stereocenters. The zero-order valence-electron chi connectivity index (χ0n) is 19.5. The first-order valence-corrected chi connectivity index (χ1v) is 13.0. The lowest BCUT2D eigenvalue weighted by atomic mass is 10.0. The average Bonchev–Trinajstić information content (AvgIpc) is 3.23. The van der Waals surface area contributed by atoms with Gasteiger partial charge in [0.15, 0.2) is 5.65 Å². The van der Waals surface area contributed by atoms with E-state index in [2.05, 4.69) is 61.9 Å². The lowest BCUT2D eigenvalue weighted by molar-refractivity contribution is 0.0254. The fourth-order valence-electron chi connectivity index (χ4n) is 3.81. The molecule has 1 aliphatic rings. The number of ether oxygens (including phenoxy) is 2. The van der Waals surface area contributed by atoms with Crippen molar-refractivity contribution in [2.24, 2.45) is 0 Å². The largest absolute Gasteiger partial charge is 0.489 e. The van der Waals surface area contributed by atoms with Gasteiger partial charge < -0.3 is 9.47 Å². The highest BCUT2D eigenvalue weighted by Gasteiger charge is 2.19. The molecular formula is C28H26BrN3O2S. The number of aromatic nitrogens is 2. The van der Waals surface area contributed by atoms with E-state index in [9.17, 15) is 5.26 Å². The second kappa shape index (κ2) is 12.1. The summed E-state index contributed by atoms with van der Waals surface area (Å²) in [5.74, 6) is 0.629. The van der Waals surface area contributed by atoms with Crippen LogP contribution >= 0.6 is 27.9 Å². The van der Waals surface area contributed by atoms with Gasteiger partial charge in [-0.25, -0.2) is 4.98 Å². The zero-order chi connectivity index (χ0) is 24.6. The average molecular weight is 549 g/mol. The van der Waals surface area contributed by atoms with Crippen molar-refractivity contribution in [3.8, 4) is 22.9 Å². The van der Waals surface area contributed by atoms with Crippen LogP contribution in [-0.2, 0) is 4.74 Å². The maximum absolute atomic E-state index is 9.79. The van der Waals surface area contributed by atoms with Crippen molar-refractivity contribution < 1.29 is 9.47 Å². The Labute approximate surface area is 218 Å². The van der Waals surface area contributed by atoms with Gasteiger partial charge in [0, 0.05) is 45.6 Å². The summed E-state index contributed by atoms with van der Waals surface area (Å²) in [5.41, 5.74) is 3.39. The Bertz CT molecular complexity index is 1340. The quantitative estimate of drug-likeness (QED) is 0.240. The highest BCUT2D eigenvalue weighted by molar-refractivity contribution is 9.10. The summed E-state index contributed by atoms with van der Waals surface area (Å²) in [4.78, 5) is 5.78. The third-order valence-electron chi connectivity index (χ3n) is 5.40. The van der Waals surface area contributed by atoms with Gasteiger partial charge >= 0.3 is 0 Å². The van der Waals surface area contributed by atoms with Crippen LogP contribution in [0.15, 0.2) is 89.0 Å². The second-order valence-electron chi connectivity index (χ2n) is 7.96. The Morgan fingerprint density at radius 2 is 1.94 bits per heavy atom. The molecule has 0 bridgehead atoms. The first kappa shape index (κ1) is 25.1. The van der Waals surface area contributed by atoms with Gasteiger partial charge in [-0.05, 0) is 70.7 Å². The van der Waals surface area contributed by atoms with Gasteiger partial charge in [-0.1, -0.05) is 30.3 Å². The van der Waals surface area contributed by atoms with Crippen LogP contribution in [-0.4, -0.2) is 28.3 Å². The molecule has 5 nitrogen and oxygen atoms in total. The molecule has 2 aromatic heterocycles. The summed E-state index contributed by atoms with van der Waals surface area (Å²) in [7, 11) is 0. The minimum atomic E-state index is 0.0889. The number of rotatable bonds is 5. The van der Waals surface area contributed by atoms with Crippen LogP contribution in [0.4, 0.5) is 0 Å². The predicted molar refractivity (Wildman–Crippen MR) is 146 cm³/mol. The molecule has 0 unspecified atom stereocenters. The van der Waals surface area contributed by atoms with Crippen molar-refractivity contribution in [2.75, 3.05) is 13.2 Å². The Balaban J connectivity index is 0.000000917. The van der Waals surface area contributed by atoms with Crippen molar-refractivity contribution in [1.82, 2.24) is 8.96 Å². The van der Waals surface area contributed by atoms with Crippen LogP contribution in [0.3, 0.4) is 0 Å². The van der Waals surface area contributed by atoms with E-state index >= 15 is 0 Å². The van der Waals surface area contributed by atoms with E-state index in [4.69, 9.17) is 9.47 Å². The van der Waals surface area contributed by atoms with E-state index in [1.807, 2.05) is 43.3 Å². The van der Waals surface area contributed by atoms with Gasteiger partial charge in [0.05, 0.1) is 18.8 Å². The summed E-state index contributed by atoms with van der Waals surface area (Å²) in [6.45, 7) is 6.65. The molecule has 0 amide bonds.